The molecule has 0 atom stereocenters. The van der Waals surface area contributed by atoms with Gasteiger partial charge in [0.25, 0.3) is 5.56 Å². The summed E-state index contributed by atoms with van der Waals surface area (Å²) in [6.45, 7) is 2.39. The van der Waals surface area contributed by atoms with E-state index in [0.717, 1.165) is 37.1 Å². The topological polar surface area (TPSA) is 119 Å². The normalized spacial score (nSPS) is 10.9. The van der Waals surface area contributed by atoms with Gasteiger partial charge in [0.05, 0.1) is 11.6 Å². The maximum absolute atomic E-state index is 12.0. The number of hydrogen-bond donors (Lipinski definition) is 4. The van der Waals surface area contributed by atoms with E-state index in [4.69, 9.17) is 11.0 Å². The summed E-state index contributed by atoms with van der Waals surface area (Å²) in [5.74, 6) is 0. The molecule has 0 bridgehead atoms. The van der Waals surface area contributed by atoms with E-state index < -0.39 is 0 Å². The number of anilines is 1. The summed E-state index contributed by atoms with van der Waals surface area (Å²) in [5.41, 5.74) is 9.39. The highest BCUT2D eigenvalue weighted by molar-refractivity contribution is 6.09. The van der Waals surface area contributed by atoms with Crippen LogP contribution < -0.4 is 21.9 Å². The fourth-order valence-corrected chi connectivity index (χ4v) is 3.06. The molecule has 0 radical (unpaired) electrons. The third-order valence-corrected chi connectivity index (χ3v) is 4.87. The van der Waals surface area contributed by atoms with Crippen LogP contribution in [0.3, 0.4) is 0 Å². The lowest BCUT2D eigenvalue weighted by molar-refractivity contribution is 0.660. The van der Waals surface area contributed by atoms with Gasteiger partial charge in [-0.05, 0) is 49.7 Å². The predicted octanol–water partition coefficient (Wildman–Crippen LogP) is 4.06. The number of pyridine rings is 1. The van der Waals surface area contributed by atoms with Gasteiger partial charge in [-0.15, -0.1) is 0 Å². The predicted molar refractivity (Wildman–Crippen MR) is 145 cm³/mol. The van der Waals surface area contributed by atoms with E-state index >= 15 is 0 Å². The van der Waals surface area contributed by atoms with Crippen LogP contribution in [-0.2, 0) is 6.42 Å². The Bertz CT molecular complexity index is 1110. The van der Waals surface area contributed by atoms with E-state index in [1.165, 1.54) is 11.8 Å². The standard InChI is InChI=1S/C21H26N6O.C6H6.2H2/c1-24-14-19(13-23)18-11-20(21(28)27-15-18)26-9-2-8-25-10-7-16-3-5-17(12-22)6-4-16;1-2-4-6-5-3-1;;/h3-6,11,13-15,25-26H,2,7-10,23H2,1H3,(H,27,28);1-6H;2*1H/b19-13+,24-14?;;;. The molecule has 0 aliphatic carbocycles. The van der Waals surface area contributed by atoms with E-state index in [-0.39, 0.29) is 8.41 Å². The van der Waals surface area contributed by atoms with E-state index in [0.29, 0.717) is 17.8 Å². The molecular formula is C27H36N6O. The Hall–Kier alpha value is -4.15. The Morgan fingerprint density at radius 1 is 1.12 bits per heavy atom. The molecule has 0 fully saturated rings. The Morgan fingerprint density at radius 2 is 1.79 bits per heavy atom. The van der Waals surface area contributed by atoms with Crippen LogP contribution in [0.4, 0.5) is 5.69 Å². The van der Waals surface area contributed by atoms with Gasteiger partial charge in [-0.1, -0.05) is 48.5 Å². The Morgan fingerprint density at radius 3 is 2.38 bits per heavy atom. The minimum atomic E-state index is -0.165. The summed E-state index contributed by atoms with van der Waals surface area (Å²) in [7, 11) is 1.67. The van der Waals surface area contributed by atoms with Crippen molar-refractivity contribution >= 4 is 17.5 Å². The molecule has 7 nitrogen and oxygen atoms in total. The number of aromatic amines is 1. The average molecular weight is 461 g/mol. The second-order valence-electron chi connectivity index (χ2n) is 7.38. The molecule has 0 amide bonds. The molecule has 180 valence electrons. The van der Waals surface area contributed by atoms with Gasteiger partial charge in [0, 0.05) is 46.2 Å². The number of aliphatic imine (C=N–C) groups is 1. The summed E-state index contributed by atoms with van der Waals surface area (Å²) in [6, 6.07) is 23.5. The Balaban J connectivity index is 0.00000134. The SMILES string of the molecule is CN=C/C(=C\N)c1c[nH]c(=O)c(NCCCNCCc2ccc(C#N)cc2)c1.[HH].[HH].c1ccccc1. The smallest absolute Gasteiger partial charge is 0.271 e. The summed E-state index contributed by atoms with van der Waals surface area (Å²) in [4.78, 5) is 18.6. The zero-order valence-corrected chi connectivity index (χ0v) is 19.5. The van der Waals surface area contributed by atoms with Crippen molar-refractivity contribution in [2.24, 2.45) is 10.7 Å². The van der Waals surface area contributed by atoms with Gasteiger partial charge in [-0.25, -0.2) is 0 Å². The van der Waals surface area contributed by atoms with Crippen molar-refractivity contribution in [3.05, 3.63) is 106 Å². The van der Waals surface area contributed by atoms with Crippen LogP contribution in [-0.4, -0.2) is 37.9 Å². The molecule has 0 unspecified atom stereocenters. The Kier molecular flexibility index (Phi) is 12.0. The summed E-state index contributed by atoms with van der Waals surface area (Å²) < 4.78 is 0. The molecule has 0 aliphatic rings. The lowest BCUT2D eigenvalue weighted by Crippen LogP contribution is -2.22. The highest BCUT2D eigenvalue weighted by Gasteiger charge is 2.04. The molecule has 34 heavy (non-hydrogen) atoms. The first-order valence-corrected chi connectivity index (χ1v) is 11.2. The van der Waals surface area contributed by atoms with Crippen molar-refractivity contribution < 1.29 is 2.85 Å². The lowest BCUT2D eigenvalue weighted by Gasteiger charge is -2.09. The first-order chi connectivity index (χ1) is 16.7. The molecule has 0 saturated heterocycles. The second-order valence-corrected chi connectivity index (χ2v) is 7.38. The number of nitrogens with zero attached hydrogens (tertiary/aromatic N) is 2. The minimum Gasteiger partial charge on any atom is -0.404 e. The quantitative estimate of drug-likeness (QED) is 0.269. The maximum Gasteiger partial charge on any atom is 0.271 e. The number of nitrogens with one attached hydrogen (secondary N) is 3. The average Bonchev–Trinajstić information content (AvgIpc) is 2.89. The van der Waals surface area contributed by atoms with Crippen molar-refractivity contribution in [1.29, 1.82) is 5.26 Å². The molecule has 0 aliphatic heterocycles. The zero-order chi connectivity index (χ0) is 24.4. The zero-order valence-electron chi connectivity index (χ0n) is 19.5. The van der Waals surface area contributed by atoms with Crippen LogP contribution in [0.25, 0.3) is 5.57 Å². The van der Waals surface area contributed by atoms with Crippen LogP contribution in [0.2, 0.25) is 0 Å². The molecule has 7 heteroatoms. The first kappa shape index (κ1) is 26.1. The molecule has 2 aromatic carbocycles. The largest absolute Gasteiger partial charge is 0.404 e. The van der Waals surface area contributed by atoms with Crippen molar-refractivity contribution in [3.63, 3.8) is 0 Å². The van der Waals surface area contributed by atoms with Gasteiger partial charge in [-0.2, -0.15) is 5.26 Å². The fraction of sp³-hybridized carbons (Fsp3) is 0.222. The van der Waals surface area contributed by atoms with Crippen LogP contribution in [0.15, 0.2) is 88.9 Å². The molecule has 0 spiro atoms. The Labute approximate surface area is 204 Å². The number of H-pyrrole nitrogens is 1. The van der Waals surface area contributed by atoms with Gasteiger partial charge >= 0.3 is 0 Å². The van der Waals surface area contributed by atoms with Crippen LogP contribution in [0.5, 0.6) is 0 Å². The number of benzene rings is 2. The second kappa shape index (κ2) is 15.6. The van der Waals surface area contributed by atoms with Crippen molar-refractivity contribution in [2.45, 2.75) is 12.8 Å². The number of nitrogens with two attached hydrogens (primary N) is 1. The molecule has 1 heterocycles. The number of allylic oxidation sites excluding steroid dienone is 1. The van der Waals surface area contributed by atoms with Crippen LogP contribution in [0, 0.1) is 11.3 Å². The highest BCUT2D eigenvalue weighted by atomic mass is 16.1. The maximum atomic E-state index is 12.0. The number of aromatic nitrogens is 1. The fourth-order valence-electron chi connectivity index (χ4n) is 3.06. The molecule has 3 aromatic rings. The monoisotopic (exact) mass is 460 g/mol. The third kappa shape index (κ3) is 9.55. The number of rotatable bonds is 10. The van der Waals surface area contributed by atoms with E-state index in [2.05, 4.69) is 26.7 Å². The van der Waals surface area contributed by atoms with Crippen LogP contribution >= 0.6 is 0 Å². The molecular weight excluding hydrogens is 424 g/mol. The van der Waals surface area contributed by atoms with E-state index in [9.17, 15) is 4.79 Å². The summed E-state index contributed by atoms with van der Waals surface area (Å²) >= 11 is 0. The lowest BCUT2D eigenvalue weighted by atomic mass is 10.1. The number of nitriles is 1. The molecule has 0 saturated carbocycles. The van der Waals surface area contributed by atoms with E-state index in [1.54, 1.807) is 25.5 Å². The highest BCUT2D eigenvalue weighted by Crippen LogP contribution is 2.12. The van der Waals surface area contributed by atoms with Gasteiger partial charge in [0.15, 0.2) is 0 Å². The van der Waals surface area contributed by atoms with E-state index in [1.807, 2.05) is 60.7 Å². The van der Waals surface area contributed by atoms with Gasteiger partial charge in [0.2, 0.25) is 0 Å². The molecule has 3 rings (SSSR count). The number of hydrogen-bond acceptors (Lipinski definition) is 6. The van der Waals surface area contributed by atoms with Crippen molar-refractivity contribution in [3.8, 4) is 6.07 Å². The third-order valence-electron chi connectivity index (χ3n) is 4.87. The molecule has 5 N–H and O–H groups in total. The van der Waals surface area contributed by atoms with Gasteiger partial charge in [-0.3, -0.25) is 9.79 Å². The molecule has 1 aromatic heterocycles. The van der Waals surface area contributed by atoms with Gasteiger partial charge in [0.1, 0.15) is 5.69 Å². The minimum absolute atomic E-state index is 0. The van der Waals surface area contributed by atoms with Crippen molar-refractivity contribution in [2.75, 3.05) is 32.0 Å². The summed E-state index contributed by atoms with van der Waals surface area (Å²) in [6.07, 6.45) is 6.52. The van der Waals surface area contributed by atoms with Crippen LogP contribution in [0.1, 0.15) is 26.0 Å². The summed E-state index contributed by atoms with van der Waals surface area (Å²) in [5, 5.41) is 15.4. The van der Waals surface area contributed by atoms with Crippen molar-refractivity contribution in [1.82, 2.24) is 10.3 Å². The first-order valence-electron chi connectivity index (χ1n) is 11.2. The van der Waals surface area contributed by atoms with Gasteiger partial charge < -0.3 is 21.4 Å².